The number of hydrogen-bond acceptors (Lipinski definition) is 4. The molecule has 244 valence electrons. The number of alkyl halides is 18. The van der Waals surface area contributed by atoms with E-state index in [4.69, 9.17) is 0 Å². The highest BCUT2D eigenvalue weighted by Crippen LogP contribution is 2.58. The van der Waals surface area contributed by atoms with Crippen molar-refractivity contribution in [1.82, 2.24) is 4.57 Å². The molecule has 27 heteroatoms. The van der Waals surface area contributed by atoms with Crippen molar-refractivity contribution in [2.24, 2.45) is 7.05 Å². The predicted octanol–water partition coefficient (Wildman–Crippen LogP) is 5.20. The van der Waals surface area contributed by atoms with Gasteiger partial charge in [0, 0.05) is 0 Å². The van der Waals surface area contributed by atoms with E-state index in [1.807, 2.05) is 17.8 Å². The van der Waals surface area contributed by atoms with E-state index in [0.717, 1.165) is 6.54 Å². The number of imidazole rings is 1. The molecule has 0 aliphatic rings. The molecular formula is C14H11F18N3O4S2. The third-order valence-corrected chi connectivity index (χ3v) is 7.64. The molecule has 0 aliphatic carbocycles. The average Bonchev–Trinajstić information content (AvgIpc) is 3.16. The molecule has 1 heterocycles. The first-order chi connectivity index (χ1) is 17.5. The van der Waals surface area contributed by atoms with Crippen LogP contribution in [0.2, 0.25) is 0 Å². The van der Waals surface area contributed by atoms with Crippen LogP contribution in [0.3, 0.4) is 0 Å². The molecule has 0 saturated carbocycles. The van der Waals surface area contributed by atoms with E-state index in [9.17, 15) is 95.9 Å². The van der Waals surface area contributed by atoms with Gasteiger partial charge in [-0.15, -0.1) is 0 Å². The highest BCUT2D eigenvalue weighted by atomic mass is 32.3. The quantitative estimate of drug-likeness (QED) is 0.263. The van der Waals surface area contributed by atoms with E-state index in [0.29, 0.717) is 0 Å². The molecule has 0 spiro atoms. The van der Waals surface area contributed by atoms with Crippen molar-refractivity contribution in [2.45, 2.75) is 60.0 Å². The van der Waals surface area contributed by atoms with Crippen LogP contribution in [0, 0.1) is 0 Å². The van der Waals surface area contributed by atoms with Gasteiger partial charge in [0.2, 0.25) is 6.33 Å². The predicted molar refractivity (Wildman–Crippen MR) is 94.3 cm³/mol. The Hall–Kier alpha value is -2.19. The van der Waals surface area contributed by atoms with Crippen molar-refractivity contribution in [3.05, 3.63) is 22.8 Å². The summed E-state index contributed by atoms with van der Waals surface area (Å²) in [5, 5.41) is -16.4. The van der Waals surface area contributed by atoms with Gasteiger partial charge in [0.05, 0.1) is 13.6 Å². The average molecular weight is 691 g/mol. The highest BCUT2D eigenvalue weighted by Gasteiger charge is 2.86. The third-order valence-electron chi connectivity index (χ3n) is 4.26. The van der Waals surface area contributed by atoms with Crippen LogP contribution in [-0.4, -0.2) is 68.0 Å². The van der Waals surface area contributed by atoms with Crippen molar-refractivity contribution in [3.63, 3.8) is 0 Å². The maximum atomic E-state index is 13.2. The second kappa shape index (κ2) is 10.8. The van der Waals surface area contributed by atoms with Gasteiger partial charge in [-0.3, -0.25) is 0 Å². The van der Waals surface area contributed by atoms with Crippen molar-refractivity contribution >= 4 is 20.0 Å². The maximum absolute atomic E-state index is 13.2. The first kappa shape index (κ1) is 38.8. The molecule has 0 N–H and O–H groups in total. The van der Waals surface area contributed by atoms with Crippen LogP contribution in [0.15, 0.2) is 18.7 Å². The zero-order chi connectivity index (χ0) is 33.7. The van der Waals surface area contributed by atoms with Gasteiger partial charge in [0.25, 0.3) is 0 Å². The molecule has 0 aliphatic heterocycles. The Bertz CT molecular complexity index is 1200. The molecule has 0 fully saturated rings. The number of sulfonamides is 2. The second-order valence-corrected chi connectivity index (χ2v) is 10.8. The Morgan fingerprint density at radius 2 is 0.902 bits per heavy atom. The van der Waals surface area contributed by atoms with E-state index >= 15 is 0 Å². The maximum Gasteiger partial charge on any atom is 0.460 e. The lowest BCUT2D eigenvalue weighted by Crippen LogP contribution is -2.64. The summed E-state index contributed by atoms with van der Waals surface area (Å²) in [5.41, 5.74) is 0. The van der Waals surface area contributed by atoms with Crippen LogP contribution in [-0.2, 0) is 33.6 Å². The number of rotatable bonds is 9. The number of nitrogens with zero attached hydrogens (tertiary/aromatic N) is 3. The highest BCUT2D eigenvalue weighted by molar-refractivity contribution is 8.13. The van der Waals surface area contributed by atoms with Gasteiger partial charge in [0.15, 0.2) is 20.0 Å². The van der Waals surface area contributed by atoms with Crippen molar-refractivity contribution in [2.75, 3.05) is 0 Å². The van der Waals surface area contributed by atoms with E-state index in [1.54, 1.807) is 0 Å². The van der Waals surface area contributed by atoms with E-state index < -0.39 is 66.6 Å². The molecule has 7 nitrogen and oxygen atoms in total. The molecule has 0 radical (unpaired) electrons. The lowest BCUT2D eigenvalue weighted by molar-refractivity contribution is -0.671. The van der Waals surface area contributed by atoms with Gasteiger partial charge in [0.1, 0.15) is 12.4 Å². The lowest BCUT2D eigenvalue weighted by Gasteiger charge is -2.39. The fraction of sp³-hybridized carbons (Fsp3) is 0.786. The Labute approximate surface area is 215 Å². The minimum atomic E-state index is -8.81. The van der Waals surface area contributed by atoms with Gasteiger partial charge in [-0.1, -0.05) is 0 Å². The zero-order valence-corrected chi connectivity index (χ0v) is 20.7. The molecule has 0 aromatic carbocycles. The van der Waals surface area contributed by atoms with E-state index in [1.165, 1.54) is 0 Å². The minimum Gasteiger partial charge on any atom is -0.425 e. The van der Waals surface area contributed by atoms with Gasteiger partial charge in [-0.2, -0.15) is 79.0 Å². The first-order valence-electron chi connectivity index (χ1n) is 9.18. The van der Waals surface area contributed by atoms with Crippen LogP contribution < -0.4 is 4.57 Å². The van der Waals surface area contributed by atoms with Crippen LogP contribution >= 0.6 is 0 Å². The summed E-state index contributed by atoms with van der Waals surface area (Å²) in [6.45, 7) is 3.18. The topological polar surface area (TPSA) is 91.2 Å². The molecule has 0 bridgehead atoms. The van der Waals surface area contributed by atoms with Crippen molar-refractivity contribution < 1.29 is 100 Å². The zero-order valence-electron chi connectivity index (χ0n) is 19.0. The third kappa shape index (κ3) is 6.43. The van der Waals surface area contributed by atoms with Crippen LogP contribution in [0.1, 0.15) is 6.92 Å². The molecule has 0 saturated heterocycles. The number of hydrogen-bond donors (Lipinski definition) is 0. The minimum absolute atomic E-state index is 0.109. The summed E-state index contributed by atoms with van der Waals surface area (Å²) >= 11 is 0. The summed E-state index contributed by atoms with van der Waals surface area (Å²) in [6, 6.07) is 0. The number of halogens is 18. The Kier molecular flexibility index (Phi) is 10.2. The van der Waals surface area contributed by atoms with Gasteiger partial charge in [-0.05, 0) is 6.92 Å². The normalized spacial score (nSPS) is 15.4. The summed E-state index contributed by atoms with van der Waals surface area (Å²) < 4.78 is 274. The van der Waals surface area contributed by atoms with Gasteiger partial charge < -0.3 is 4.13 Å². The fourth-order valence-electron chi connectivity index (χ4n) is 1.96. The monoisotopic (exact) mass is 691 g/mol. The van der Waals surface area contributed by atoms with Crippen LogP contribution in [0.4, 0.5) is 79.0 Å². The molecule has 0 unspecified atom stereocenters. The number of aromatic nitrogens is 2. The smallest absolute Gasteiger partial charge is 0.425 e. The Balaban J connectivity index is 0.00000170. The number of aryl methyl sites for hydroxylation is 2. The summed E-state index contributed by atoms with van der Waals surface area (Å²) in [5.74, 6) is -33.0. The molecule has 0 amide bonds. The first-order valence-corrected chi connectivity index (χ1v) is 12.1. The second-order valence-electron chi connectivity index (χ2n) is 7.26. The summed E-state index contributed by atoms with van der Waals surface area (Å²) in [4.78, 5) is 0. The van der Waals surface area contributed by atoms with E-state index in [2.05, 4.69) is 24.0 Å². The Morgan fingerprint density at radius 1 is 0.610 bits per heavy atom. The SMILES string of the molecule is CCn1cc[n+](C)c1.O=S(=O)([N-]S(=O)(=O)C(F)(F)C(F)(F)C(F)(F)C(F)(F)F)C(F)(F)C(F)(F)C(F)(F)C(F)(F)F. The Morgan fingerprint density at radius 3 is 1.07 bits per heavy atom. The van der Waals surface area contributed by atoms with Gasteiger partial charge >= 0.3 is 46.6 Å². The van der Waals surface area contributed by atoms with Gasteiger partial charge in [-0.25, -0.2) is 26.0 Å². The van der Waals surface area contributed by atoms with Crippen molar-refractivity contribution in [1.29, 1.82) is 0 Å². The standard InChI is InChI=1S/C8F18NO4S2.C6H11N2/c9-1(10,5(17,18)19)3(13,14)7(23,24)32(28,29)27-33(30,31)8(25,26)4(15,16)2(11,12)6(20,21)22;1-3-8-5-4-7(2)6-8/h;4-6H,3H2,1-2H3/q-1;+1. The van der Waals surface area contributed by atoms with Crippen LogP contribution in [0.25, 0.3) is 4.13 Å². The summed E-state index contributed by atoms with van der Waals surface area (Å²) in [6.07, 6.45) is -9.41. The lowest BCUT2D eigenvalue weighted by atomic mass is 10.1. The molecular weight excluding hydrogens is 680 g/mol. The van der Waals surface area contributed by atoms with Crippen molar-refractivity contribution in [3.8, 4) is 0 Å². The molecule has 1 aromatic rings. The molecule has 1 rings (SSSR count). The molecule has 0 atom stereocenters. The summed E-state index contributed by atoms with van der Waals surface area (Å²) in [7, 11) is -15.6. The molecule has 41 heavy (non-hydrogen) atoms. The van der Waals surface area contributed by atoms with E-state index in [-0.39, 0.29) is 4.13 Å². The molecule has 1 aromatic heterocycles. The van der Waals surface area contributed by atoms with Crippen LogP contribution in [0.5, 0.6) is 0 Å². The fourth-order valence-corrected chi connectivity index (χ4v) is 4.64. The largest absolute Gasteiger partial charge is 0.460 e.